The summed E-state index contributed by atoms with van der Waals surface area (Å²) < 4.78 is 7.41. The Balaban J connectivity index is 1.89. The van der Waals surface area contributed by atoms with Gasteiger partial charge < -0.3 is 10.1 Å². The molecule has 0 saturated carbocycles. The van der Waals surface area contributed by atoms with Gasteiger partial charge in [-0.1, -0.05) is 22.9 Å². The van der Waals surface area contributed by atoms with Crippen molar-refractivity contribution < 1.29 is 4.74 Å². The summed E-state index contributed by atoms with van der Waals surface area (Å²) >= 11 is 5.91. The van der Waals surface area contributed by atoms with E-state index in [1.54, 1.807) is 10.7 Å². The van der Waals surface area contributed by atoms with E-state index in [1.165, 1.54) is 0 Å². The lowest BCUT2D eigenvalue weighted by atomic mass is 10.2. The second kappa shape index (κ2) is 6.54. The molecule has 0 radical (unpaired) electrons. The topological polar surface area (TPSA) is 52.0 Å². The van der Waals surface area contributed by atoms with Crippen LogP contribution in [-0.2, 0) is 13.5 Å². The summed E-state index contributed by atoms with van der Waals surface area (Å²) in [4.78, 5) is 0. The van der Waals surface area contributed by atoms with Crippen molar-refractivity contribution in [2.75, 3.05) is 13.7 Å². The Morgan fingerprint density at radius 1 is 1.47 bits per heavy atom. The molecule has 0 saturated heterocycles. The van der Waals surface area contributed by atoms with Gasteiger partial charge in [-0.25, -0.2) is 0 Å². The van der Waals surface area contributed by atoms with Crippen molar-refractivity contribution in [1.82, 2.24) is 20.3 Å². The highest BCUT2D eigenvalue weighted by Gasteiger charge is 2.11. The molecule has 102 valence electrons. The number of nitrogens with zero attached hydrogens (tertiary/aromatic N) is 3. The Bertz CT molecular complexity index is 529. The molecule has 1 N–H and O–H groups in total. The lowest BCUT2D eigenvalue weighted by Gasteiger charge is -2.15. The molecule has 2 aromatic rings. The van der Waals surface area contributed by atoms with Crippen LogP contribution in [0.25, 0.3) is 0 Å². The highest BCUT2D eigenvalue weighted by atomic mass is 35.5. The zero-order valence-corrected chi connectivity index (χ0v) is 11.8. The van der Waals surface area contributed by atoms with Gasteiger partial charge in [0.1, 0.15) is 12.4 Å². The van der Waals surface area contributed by atoms with E-state index in [0.717, 1.165) is 17.9 Å². The predicted molar refractivity (Wildman–Crippen MR) is 74.5 cm³/mol. The third-order valence-electron chi connectivity index (χ3n) is 2.76. The van der Waals surface area contributed by atoms with Crippen LogP contribution in [0.5, 0.6) is 5.75 Å². The molecule has 0 aliphatic rings. The maximum atomic E-state index is 5.91. The number of nitrogens with one attached hydrogen (secondary N) is 1. The van der Waals surface area contributed by atoms with Gasteiger partial charge >= 0.3 is 0 Å². The highest BCUT2D eigenvalue weighted by molar-refractivity contribution is 6.30. The van der Waals surface area contributed by atoms with Crippen LogP contribution in [0.15, 0.2) is 30.5 Å². The van der Waals surface area contributed by atoms with Gasteiger partial charge in [-0.15, -0.1) is 5.10 Å². The molecule has 0 bridgehead atoms. The fourth-order valence-corrected chi connectivity index (χ4v) is 1.92. The van der Waals surface area contributed by atoms with E-state index in [2.05, 4.69) is 15.6 Å². The Morgan fingerprint density at radius 2 is 2.32 bits per heavy atom. The summed E-state index contributed by atoms with van der Waals surface area (Å²) in [5, 5.41) is 11.9. The molecule has 0 aliphatic heterocycles. The van der Waals surface area contributed by atoms with E-state index in [9.17, 15) is 0 Å². The molecule has 5 nitrogen and oxygen atoms in total. The smallest absolute Gasteiger partial charge is 0.120 e. The maximum absolute atomic E-state index is 5.91. The molecule has 1 unspecified atom stereocenters. The Morgan fingerprint density at radius 3 is 2.95 bits per heavy atom. The van der Waals surface area contributed by atoms with Crippen molar-refractivity contribution in [2.24, 2.45) is 7.05 Å². The number of rotatable bonds is 6. The molecule has 19 heavy (non-hydrogen) atoms. The van der Waals surface area contributed by atoms with Gasteiger partial charge in [-0.2, -0.15) is 0 Å². The molecule has 6 heteroatoms. The second-order valence-electron chi connectivity index (χ2n) is 4.34. The normalized spacial score (nSPS) is 12.4. The molecule has 0 amide bonds. The number of hydrogen-bond donors (Lipinski definition) is 1. The average molecular weight is 281 g/mol. The van der Waals surface area contributed by atoms with Gasteiger partial charge in [0.05, 0.1) is 5.69 Å². The van der Waals surface area contributed by atoms with Crippen molar-refractivity contribution in [2.45, 2.75) is 12.5 Å². The van der Waals surface area contributed by atoms with Crippen molar-refractivity contribution >= 4 is 11.6 Å². The average Bonchev–Trinajstić information content (AvgIpc) is 2.80. The van der Waals surface area contributed by atoms with Crippen molar-refractivity contribution in [3.05, 3.63) is 41.2 Å². The first-order chi connectivity index (χ1) is 9.17. The van der Waals surface area contributed by atoms with E-state index < -0.39 is 0 Å². The van der Waals surface area contributed by atoms with Gasteiger partial charge in [0.15, 0.2) is 0 Å². The number of hydrogen-bond acceptors (Lipinski definition) is 4. The van der Waals surface area contributed by atoms with Crippen molar-refractivity contribution in [3.8, 4) is 5.75 Å². The Kier molecular flexibility index (Phi) is 4.76. The third-order valence-corrected chi connectivity index (χ3v) is 3.00. The molecular weight excluding hydrogens is 264 g/mol. The number of aryl methyl sites for hydroxylation is 1. The van der Waals surface area contributed by atoms with Gasteiger partial charge in [0.2, 0.25) is 0 Å². The van der Waals surface area contributed by atoms with Crippen LogP contribution < -0.4 is 10.1 Å². The van der Waals surface area contributed by atoms with E-state index in [0.29, 0.717) is 11.6 Å². The van der Waals surface area contributed by atoms with E-state index in [-0.39, 0.29) is 6.04 Å². The van der Waals surface area contributed by atoms with Gasteiger partial charge in [0.25, 0.3) is 0 Å². The maximum Gasteiger partial charge on any atom is 0.120 e. The zero-order chi connectivity index (χ0) is 13.7. The van der Waals surface area contributed by atoms with Crippen LogP contribution in [0.1, 0.15) is 5.69 Å². The van der Waals surface area contributed by atoms with Crippen molar-refractivity contribution in [1.29, 1.82) is 0 Å². The highest BCUT2D eigenvalue weighted by Crippen LogP contribution is 2.17. The molecule has 1 aromatic heterocycles. The van der Waals surface area contributed by atoms with E-state index in [4.69, 9.17) is 16.3 Å². The summed E-state index contributed by atoms with van der Waals surface area (Å²) in [5.41, 5.74) is 0.941. The second-order valence-corrected chi connectivity index (χ2v) is 4.78. The first-order valence-electron chi connectivity index (χ1n) is 6.08. The lowest BCUT2D eigenvalue weighted by Crippen LogP contribution is -2.33. The minimum absolute atomic E-state index is 0.177. The molecule has 2 rings (SSSR count). The van der Waals surface area contributed by atoms with Crippen LogP contribution in [0.2, 0.25) is 5.02 Å². The summed E-state index contributed by atoms with van der Waals surface area (Å²) in [6.45, 7) is 0.549. The molecule has 1 heterocycles. The minimum atomic E-state index is 0.177. The van der Waals surface area contributed by atoms with E-state index in [1.807, 2.05) is 38.5 Å². The lowest BCUT2D eigenvalue weighted by molar-refractivity contribution is 0.269. The Hall–Kier alpha value is -1.59. The van der Waals surface area contributed by atoms with Crippen LogP contribution >= 0.6 is 11.6 Å². The quantitative estimate of drug-likeness (QED) is 0.875. The van der Waals surface area contributed by atoms with Crippen LogP contribution in [0.4, 0.5) is 0 Å². The summed E-state index contributed by atoms with van der Waals surface area (Å²) in [6.07, 6.45) is 2.68. The number of likely N-dealkylation sites (N-methyl/N-ethyl adjacent to an activating group) is 1. The molecule has 0 spiro atoms. The van der Waals surface area contributed by atoms with Crippen LogP contribution in [0.3, 0.4) is 0 Å². The third kappa shape index (κ3) is 4.22. The minimum Gasteiger partial charge on any atom is -0.492 e. The Labute approximate surface area is 117 Å². The molecular formula is C13H17ClN4O. The summed E-state index contributed by atoms with van der Waals surface area (Å²) in [7, 11) is 3.76. The molecule has 1 atom stereocenters. The van der Waals surface area contributed by atoms with Crippen LogP contribution in [0, 0.1) is 0 Å². The summed E-state index contributed by atoms with van der Waals surface area (Å²) in [6, 6.07) is 7.56. The molecule has 0 aliphatic carbocycles. The number of halogens is 1. The zero-order valence-electron chi connectivity index (χ0n) is 11.0. The standard InChI is InChI=1S/C13H17ClN4O/c1-15-12(7-11-8-18(2)17-16-11)9-19-13-5-3-4-10(14)6-13/h3-6,8,12,15H,7,9H2,1-2H3. The number of ether oxygens (including phenoxy) is 1. The van der Waals surface area contributed by atoms with Gasteiger partial charge in [-0.05, 0) is 25.2 Å². The first-order valence-corrected chi connectivity index (χ1v) is 6.46. The largest absolute Gasteiger partial charge is 0.492 e. The van der Waals surface area contributed by atoms with Crippen LogP contribution in [-0.4, -0.2) is 34.7 Å². The van der Waals surface area contributed by atoms with Gasteiger partial charge in [-0.3, -0.25) is 4.68 Å². The monoisotopic (exact) mass is 280 g/mol. The fraction of sp³-hybridized carbons (Fsp3) is 0.385. The molecule has 0 fully saturated rings. The SMILES string of the molecule is CNC(COc1cccc(Cl)c1)Cc1cn(C)nn1. The van der Waals surface area contributed by atoms with Crippen molar-refractivity contribution in [3.63, 3.8) is 0 Å². The number of aromatic nitrogens is 3. The summed E-state index contributed by atoms with van der Waals surface area (Å²) in [5.74, 6) is 0.770. The first kappa shape index (κ1) is 13.8. The fourth-order valence-electron chi connectivity index (χ4n) is 1.74. The number of benzene rings is 1. The predicted octanol–water partition coefficient (Wildman–Crippen LogP) is 1.68. The molecule has 1 aromatic carbocycles. The van der Waals surface area contributed by atoms with E-state index >= 15 is 0 Å². The van der Waals surface area contributed by atoms with Gasteiger partial charge in [0, 0.05) is 30.7 Å².